The minimum absolute atomic E-state index is 0.182. The Morgan fingerprint density at radius 3 is 0.847 bits per heavy atom. The molecule has 5 aromatic rings. The van der Waals surface area contributed by atoms with Crippen molar-refractivity contribution in [3.8, 4) is 0 Å². The van der Waals surface area contributed by atoms with Gasteiger partial charge in [0.2, 0.25) is 0 Å². The number of benzene rings is 1. The van der Waals surface area contributed by atoms with E-state index in [1.165, 1.54) is 48.8 Å². The zero-order valence-electron chi connectivity index (χ0n) is 53.5. The van der Waals surface area contributed by atoms with E-state index >= 15 is 0 Å². The monoisotopic (exact) mass is 995 g/mol. The van der Waals surface area contributed by atoms with Gasteiger partial charge in [0.15, 0.2) is 0 Å². The van der Waals surface area contributed by atoms with Gasteiger partial charge in [-0.1, -0.05) is 276 Å². The van der Waals surface area contributed by atoms with Crippen molar-refractivity contribution in [1.29, 1.82) is 0 Å². The summed E-state index contributed by atoms with van der Waals surface area (Å²) in [4.78, 5) is 16.5. The Bertz CT molecular complexity index is 1490. The van der Waals surface area contributed by atoms with E-state index in [4.69, 9.17) is 0 Å². The van der Waals surface area contributed by atoms with Crippen molar-refractivity contribution in [2.75, 3.05) is 0 Å². The van der Waals surface area contributed by atoms with Crippen LogP contribution in [0.4, 0.5) is 0 Å². The zero-order chi connectivity index (χ0) is 57.7. The van der Waals surface area contributed by atoms with Crippen LogP contribution in [0.3, 0.4) is 0 Å². The molecule has 0 N–H and O–H groups in total. The number of hydrogen-bond acceptors (Lipinski definition) is 4. The van der Waals surface area contributed by atoms with Gasteiger partial charge in [0.05, 0.1) is 0 Å². The molecule has 0 bridgehead atoms. The number of pyridine rings is 4. The second kappa shape index (κ2) is 45.4. The average Bonchev–Trinajstić information content (AvgIpc) is 3.39. The van der Waals surface area contributed by atoms with E-state index in [0.29, 0.717) is 10.8 Å². The highest BCUT2D eigenvalue weighted by atomic mass is 14.7. The molecule has 0 aliphatic heterocycles. The van der Waals surface area contributed by atoms with E-state index in [9.17, 15) is 0 Å². The Balaban J connectivity index is -0.000000174. The second-order valence-electron chi connectivity index (χ2n) is 22.2. The summed E-state index contributed by atoms with van der Waals surface area (Å²) in [7, 11) is 0. The highest BCUT2D eigenvalue weighted by Crippen LogP contribution is 2.37. The van der Waals surface area contributed by atoms with Crippen molar-refractivity contribution in [2.24, 2.45) is 11.3 Å². The fraction of sp³-hybridized carbons (Fsp3) is 0.618. The molecule has 0 spiro atoms. The maximum atomic E-state index is 4.25. The molecule has 0 saturated heterocycles. The van der Waals surface area contributed by atoms with Gasteiger partial charge >= 0.3 is 0 Å². The van der Waals surface area contributed by atoms with Gasteiger partial charge in [-0.15, -0.1) is 0 Å². The van der Waals surface area contributed by atoms with E-state index in [1.54, 1.807) is 6.20 Å². The molecule has 0 unspecified atom stereocenters. The third kappa shape index (κ3) is 43.4. The molecule has 0 radical (unpaired) electrons. The van der Waals surface area contributed by atoms with Crippen LogP contribution in [0.5, 0.6) is 0 Å². The van der Waals surface area contributed by atoms with Gasteiger partial charge in [-0.25, -0.2) is 0 Å². The van der Waals surface area contributed by atoms with Crippen molar-refractivity contribution >= 4 is 0 Å². The van der Waals surface area contributed by atoms with Gasteiger partial charge in [-0.3, -0.25) is 19.9 Å². The Morgan fingerprint density at radius 2 is 0.639 bits per heavy atom. The van der Waals surface area contributed by atoms with Crippen molar-refractivity contribution in [3.63, 3.8) is 0 Å². The normalized spacial score (nSPS) is 11.7. The molecule has 6 rings (SSSR count). The maximum absolute atomic E-state index is 4.25. The SMILES string of the molecule is CC.CC.CC.CC.CC.CC.CC(C)(C)C1CCCCC1.CC(C)(C)c1ccccc1.CC(C)(C)c1ccccn1.CC(C)(C)c1ccccn1.CC(C)(C)c1cccnc1.CC(C)(C)c1ccncc1. The summed E-state index contributed by atoms with van der Waals surface area (Å²) in [6, 6.07) is 30.8. The molecule has 4 heterocycles. The summed E-state index contributed by atoms with van der Waals surface area (Å²) < 4.78 is 0. The minimum Gasteiger partial charge on any atom is -0.265 e. The third-order valence-corrected chi connectivity index (χ3v) is 10.4. The zero-order valence-corrected chi connectivity index (χ0v) is 53.5. The van der Waals surface area contributed by atoms with E-state index < -0.39 is 0 Å². The van der Waals surface area contributed by atoms with Crippen LogP contribution in [0.15, 0.2) is 128 Å². The molecular weight excluding hydrogens is 873 g/mol. The minimum atomic E-state index is 0.182. The first-order valence-electron chi connectivity index (χ1n) is 28.3. The van der Waals surface area contributed by atoms with Crippen LogP contribution in [0.2, 0.25) is 0 Å². The van der Waals surface area contributed by atoms with Gasteiger partial charge < -0.3 is 0 Å². The first kappa shape index (κ1) is 79.2. The molecular formula is C68H122N4. The van der Waals surface area contributed by atoms with Crippen molar-refractivity contribution in [2.45, 2.75) is 267 Å². The Kier molecular flexibility index (Phi) is 50.0. The van der Waals surface area contributed by atoms with Crippen LogP contribution in [-0.2, 0) is 27.1 Å². The number of nitrogens with zero attached hydrogens (tertiary/aromatic N) is 4. The van der Waals surface area contributed by atoms with Gasteiger partial charge in [-0.05, 0) is 99.6 Å². The standard InChI is InChI=1S/C10H20.C10H14.4C9H13N.6C2H6/c2*1-10(2,3)9-7-5-4-6-8-9;1-9(2,3)8-4-6-10-7-5-8;1-9(2,3)8-5-4-6-10-7-8;2*1-9(2,3)8-6-4-5-7-10-8;6*1-2/h9H,4-8H2,1-3H3;4-8H,1-3H3;4*4-7H,1-3H3;6*1-2H3. The van der Waals surface area contributed by atoms with E-state index in [1.807, 2.05) is 144 Å². The molecule has 4 nitrogen and oxygen atoms in total. The van der Waals surface area contributed by atoms with Crippen molar-refractivity contribution in [3.05, 3.63) is 156 Å². The predicted molar refractivity (Wildman–Crippen MR) is 331 cm³/mol. The third-order valence-electron chi connectivity index (χ3n) is 10.4. The van der Waals surface area contributed by atoms with Crippen LogP contribution in [0.1, 0.15) is 268 Å². The van der Waals surface area contributed by atoms with E-state index in [2.05, 4.69) is 205 Å². The van der Waals surface area contributed by atoms with E-state index in [0.717, 1.165) is 17.3 Å². The Labute approximate surface area is 452 Å². The predicted octanol–water partition coefficient (Wildman–Crippen LogP) is 22.3. The lowest BCUT2D eigenvalue weighted by atomic mass is 9.72. The quantitative estimate of drug-likeness (QED) is 0.155. The molecule has 4 heteroatoms. The molecule has 72 heavy (non-hydrogen) atoms. The molecule has 0 atom stereocenters. The largest absolute Gasteiger partial charge is 0.265 e. The van der Waals surface area contributed by atoms with Crippen LogP contribution < -0.4 is 0 Å². The summed E-state index contributed by atoms with van der Waals surface area (Å²) in [6.07, 6.45) is 18.4. The van der Waals surface area contributed by atoms with Gasteiger partial charge in [0, 0.05) is 59.4 Å². The average molecular weight is 996 g/mol. The summed E-state index contributed by atoms with van der Waals surface area (Å²) >= 11 is 0. The summed E-state index contributed by atoms with van der Waals surface area (Å²) in [5, 5.41) is 0. The Hall–Kier alpha value is -4.18. The van der Waals surface area contributed by atoms with Gasteiger partial charge in [0.1, 0.15) is 0 Å². The smallest absolute Gasteiger partial charge is 0.0457 e. The molecule has 1 aliphatic carbocycles. The molecule has 1 saturated carbocycles. The molecule has 1 aromatic carbocycles. The lowest BCUT2D eigenvalue weighted by Crippen LogP contribution is -2.22. The van der Waals surface area contributed by atoms with Crippen LogP contribution in [-0.4, -0.2) is 19.9 Å². The number of aromatic nitrogens is 4. The van der Waals surface area contributed by atoms with Crippen molar-refractivity contribution in [1.82, 2.24) is 19.9 Å². The summed E-state index contributed by atoms with van der Waals surface area (Å²) in [5.74, 6) is 1.00. The van der Waals surface area contributed by atoms with Gasteiger partial charge in [0.25, 0.3) is 0 Å². The second-order valence-corrected chi connectivity index (χ2v) is 22.2. The molecule has 414 valence electrons. The first-order chi connectivity index (χ1) is 33.6. The molecule has 1 fully saturated rings. The van der Waals surface area contributed by atoms with Crippen LogP contribution in [0.25, 0.3) is 0 Å². The van der Waals surface area contributed by atoms with Crippen LogP contribution in [0, 0.1) is 11.3 Å². The highest BCUT2D eigenvalue weighted by molar-refractivity contribution is 5.22. The lowest BCUT2D eigenvalue weighted by molar-refractivity contribution is 0.180. The molecule has 1 aliphatic rings. The first-order valence-corrected chi connectivity index (χ1v) is 28.3. The van der Waals surface area contributed by atoms with Gasteiger partial charge in [-0.2, -0.15) is 0 Å². The maximum Gasteiger partial charge on any atom is 0.0457 e. The lowest BCUT2D eigenvalue weighted by Gasteiger charge is -2.33. The highest BCUT2D eigenvalue weighted by Gasteiger charge is 2.25. The molecule has 0 amide bonds. The topological polar surface area (TPSA) is 51.6 Å². The summed E-state index contributed by atoms with van der Waals surface area (Å²) in [5.41, 5.74) is 8.03. The fourth-order valence-electron chi connectivity index (χ4n) is 6.18. The van der Waals surface area contributed by atoms with Crippen molar-refractivity contribution < 1.29 is 0 Å². The van der Waals surface area contributed by atoms with E-state index in [-0.39, 0.29) is 21.7 Å². The Morgan fingerprint density at radius 1 is 0.306 bits per heavy atom. The number of rotatable bonds is 0. The number of hydrogen-bond donors (Lipinski definition) is 0. The summed E-state index contributed by atoms with van der Waals surface area (Å²) in [6.45, 7) is 63.9. The van der Waals surface area contributed by atoms with Crippen LogP contribution >= 0.6 is 0 Å². The fourth-order valence-corrected chi connectivity index (χ4v) is 6.18. The molecule has 4 aromatic heterocycles.